The first kappa shape index (κ1) is 17.8. The molecule has 142 valence electrons. The Balaban J connectivity index is 1.47. The lowest BCUT2D eigenvalue weighted by Crippen LogP contribution is -2.17. The van der Waals surface area contributed by atoms with Crippen LogP contribution < -0.4 is 14.8 Å². The molecule has 28 heavy (non-hydrogen) atoms. The van der Waals surface area contributed by atoms with Crippen molar-refractivity contribution in [1.82, 2.24) is 14.6 Å². The summed E-state index contributed by atoms with van der Waals surface area (Å²) in [5.41, 5.74) is 4.29. The van der Waals surface area contributed by atoms with Crippen molar-refractivity contribution in [2.24, 2.45) is 0 Å². The lowest BCUT2D eigenvalue weighted by atomic mass is 10.1. The van der Waals surface area contributed by atoms with Gasteiger partial charge in [-0.2, -0.15) is 10.4 Å². The summed E-state index contributed by atoms with van der Waals surface area (Å²) >= 11 is 0. The zero-order valence-electron chi connectivity index (χ0n) is 15.7. The van der Waals surface area contributed by atoms with Crippen LogP contribution >= 0.6 is 0 Å². The number of benzene rings is 1. The molecule has 0 spiro atoms. The number of nitrogens with zero attached hydrogens (tertiary/aromatic N) is 4. The summed E-state index contributed by atoms with van der Waals surface area (Å²) in [7, 11) is 0. The fraction of sp³-hybridized carbons (Fsp3) is 0.300. The van der Waals surface area contributed by atoms with Crippen molar-refractivity contribution in [2.75, 3.05) is 18.5 Å². The Kier molecular flexibility index (Phi) is 4.57. The molecule has 2 aromatic heterocycles. The maximum atomic E-state index is 12.4. The van der Waals surface area contributed by atoms with Crippen LogP contribution in [0.1, 0.15) is 28.9 Å². The maximum Gasteiger partial charge on any atom is 0.224 e. The van der Waals surface area contributed by atoms with Gasteiger partial charge < -0.3 is 14.8 Å². The van der Waals surface area contributed by atoms with Crippen LogP contribution in [0.3, 0.4) is 0 Å². The molecule has 3 aromatic rings. The third kappa shape index (κ3) is 3.22. The number of hydrogen-bond acceptors (Lipinski definition) is 6. The number of nitrogens with one attached hydrogen (secondary N) is 1. The highest BCUT2D eigenvalue weighted by molar-refractivity contribution is 5.91. The predicted molar refractivity (Wildman–Crippen MR) is 102 cm³/mol. The summed E-state index contributed by atoms with van der Waals surface area (Å²) in [6.45, 7) is 4.83. The predicted octanol–water partition coefficient (Wildman–Crippen LogP) is 2.56. The normalized spacial score (nSPS) is 12.6. The van der Waals surface area contributed by atoms with E-state index in [2.05, 4.69) is 21.5 Å². The molecule has 1 aliphatic heterocycles. The van der Waals surface area contributed by atoms with Gasteiger partial charge in [-0.05, 0) is 38.0 Å². The topological polar surface area (TPSA) is 102 Å². The Labute approximate surface area is 161 Å². The van der Waals surface area contributed by atoms with Crippen molar-refractivity contribution < 1.29 is 14.3 Å². The van der Waals surface area contributed by atoms with Crippen molar-refractivity contribution in [2.45, 2.75) is 26.7 Å². The van der Waals surface area contributed by atoms with Crippen molar-refractivity contribution >= 4 is 17.2 Å². The van der Waals surface area contributed by atoms with Gasteiger partial charge in [0.15, 0.2) is 17.1 Å². The third-order valence-corrected chi connectivity index (χ3v) is 4.76. The summed E-state index contributed by atoms with van der Waals surface area (Å²) in [5, 5.41) is 16.3. The lowest BCUT2D eigenvalue weighted by molar-refractivity contribution is -0.116. The highest BCUT2D eigenvalue weighted by Gasteiger charge is 2.16. The molecular formula is C20H19N5O3. The number of rotatable bonds is 4. The number of anilines is 1. The molecule has 8 heteroatoms. The van der Waals surface area contributed by atoms with Crippen LogP contribution in [0.25, 0.3) is 5.65 Å². The van der Waals surface area contributed by atoms with Gasteiger partial charge in [0.25, 0.3) is 0 Å². The van der Waals surface area contributed by atoms with Crippen LogP contribution in [-0.2, 0) is 11.2 Å². The minimum atomic E-state index is -0.103. The fourth-order valence-corrected chi connectivity index (χ4v) is 3.33. The Morgan fingerprint density at radius 1 is 1.29 bits per heavy atom. The summed E-state index contributed by atoms with van der Waals surface area (Å²) in [6.07, 6.45) is 2.33. The van der Waals surface area contributed by atoms with Gasteiger partial charge in [0.2, 0.25) is 5.91 Å². The number of carbonyl (C=O) groups is 1. The van der Waals surface area contributed by atoms with E-state index in [1.165, 1.54) is 6.20 Å². The number of hydrogen-bond donors (Lipinski definition) is 1. The SMILES string of the molecule is Cc1nc2c(C#N)cnn2c(C)c1CCC(=O)Nc1ccc2c(c1)OCCO2. The van der Waals surface area contributed by atoms with E-state index in [4.69, 9.17) is 14.7 Å². The van der Waals surface area contributed by atoms with Gasteiger partial charge in [0.05, 0.1) is 6.20 Å². The number of carbonyl (C=O) groups excluding carboxylic acids is 1. The van der Waals surface area contributed by atoms with Gasteiger partial charge in [-0.25, -0.2) is 9.50 Å². The first-order chi connectivity index (χ1) is 13.6. The number of nitriles is 1. The van der Waals surface area contributed by atoms with Crippen LogP contribution in [-0.4, -0.2) is 33.7 Å². The quantitative estimate of drug-likeness (QED) is 0.750. The third-order valence-electron chi connectivity index (χ3n) is 4.76. The molecule has 0 radical (unpaired) electrons. The smallest absolute Gasteiger partial charge is 0.224 e. The molecule has 0 fully saturated rings. The van der Waals surface area contributed by atoms with Gasteiger partial charge in [-0.3, -0.25) is 4.79 Å². The summed E-state index contributed by atoms with van der Waals surface area (Å²) in [6, 6.07) is 7.45. The number of aryl methyl sites for hydroxylation is 2. The van der Waals surface area contributed by atoms with Crippen molar-refractivity contribution in [3.05, 3.63) is 46.9 Å². The van der Waals surface area contributed by atoms with Crippen LogP contribution in [0.2, 0.25) is 0 Å². The monoisotopic (exact) mass is 377 g/mol. The van der Waals surface area contributed by atoms with Crippen LogP contribution in [0.15, 0.2) is 24.4 Å². The van der Waals surface area contributed by atoms with E-state index in [9.17, 15) is 4.79 Å². The summed E-state index contributed by atoms with van der Waals surface area (Å²) in [5.74, 6) is 1.22. The van der Waals surface area contributed by atoms with E-state index in [1.54, 1.807) is 22.7 Å². The van der Waals surface area contributed by atoms with E-state index in [1.807, 2.05) is 13.8 Å². The zero-order chi connectivity index (χ0) is 19.7. The Morgan fingerprint density at radius 2 is 2.07 bits per heavy atom. The van der Waals surface area contributed by atoms with Gasteiger partial charge in [0, 0.05) is 29.6 Å². The lowest BCUT2D eigenvalue weighted by Gasteiger charge is -2.19. The van der Waals surface area contributed by atoms with Crippen molar-refractivity contribution in [1.29, 1.82) is 5.26 Å². The molecule has 4 rings (SSSR count). The van der Waals surface area contributed by atoms with Gasteiger partial charge in [-0.1, -0.05) is 0 Å². The Bertz CT molecular complexity index is 1110. The summed E-state index contributed by atoms with van der Waals surface area (Å²) in [4.78, 5) is 16.9. The average molecular weight is 377 g/mol. The molecule has 0 bridgehead atoms. The number of aromatic nitrogens is 3. The first-order valence-electron chi connectivity index (χ1n) is 9.00. The molecule has 0 atom stereocenters. The van der Waals surface area contributed by atoms with Gasteiger partial charge in [-0.15, -0.1) is 0 Å². The van der Waals surface area contributed by atoms with Crippen molar-refractivity contribution in [3.63, 3.8) is 0 Å². The second-order valence-electron chi connectivity index (χ2n) is 6.57. The van der Waals surface area contributed by atoms with E-state index < -0.39 is 0 Å². The molecule has 1 amide bonds. The van der Waals surface area contributed by atoms with Crippen LogP contribution in [0.5, 0.6) is 11.5 Å². The molecular weight excluding hydrogens is 358 g/mol. The largest absolute Gasteiger partial charge is 0.486 e. The second-order valence-corrected chi connectivity index (χ2v) is 6.57. The number of fused-ring (bicyclic) bond motifs is 2. The minimum absolute atomic E-state index is 0.103. The Hall–Kier alpha value is -3.60. The van der Waals surface area contributed by atoms with E-state index in [0.29, 0.717) is 54.5 Å². The molecule has 8 nitrogen and oxygen atoms in total. The van der Waals surface area contributed by atoms with Gasteiger partial charge in [0.1, 0.15) is 24.8 Å². The molecule has 0 saturated carbocycles. The molecule has 0 unspecified atom stereocenters. The molecule has 1 aliphatic rings. The molecule has 0 aliphatic carbocycles. The minimum Gasteiger partial charge on any atom is -0.486 e. The van der Waals surface area contributed by atoms with Crippen LogP contribution in [0, 0.1) is 25.2 Å². The maximum absolute atomic E-state index is 12.4. The van der Waals surface area contributed by atoms with Crippen molar-refractivity contribution in [3.8, 4) is 17.6 Å². The van der Waals surface area contributed by atoms with Gasteiger partial charge >= 0.3 is 0 Å². The highest BCUT2D eigenvalue weighted by atomic mass is 16.6. The molecule has 3 heterocycles. The highest BCUT2D eigenvalue weighted by Crippen LogP contribution is 2.32. The number of amides is 1. The zero-order valence-corrected chi connectivity index (χ0v) is 15.7. The fourth-order valence-electron chi connectivity index (χ4n) is 3.33. The van der Waals surface area contributed by atoms with Crippen LogP contribution in [0.4, 0.5) is 5.69 Å². The van der Waals surface area contributed by atoms with E-state index in [-0.39, 0.29) is 5.91 Å². The average Bonchev–Trinajstić information content (AvgIpc) is 3.10. The van der Waals surface area contributed by atoms with E-state index >= 15 is 0 Å². The standard InChI is InChI=1S/C20H19N5O3/c1-12-16(13(2)25-20(23-12)14(10-21)11-22-25)4-6-19(26)24-15-3-5-17-18(9-15)28-8-7-27-17/h3,5,9,11H,4,6-8H2,1-2H3,(H,24,26). The second kappa shape index (κ2) is 7.19. The Morgan fingerprint density at radius 3 is 2.86 bits per heavy atom. The molecule has 0 saturated heterocycles. The van der Waals surface area contributed by atoms with E-state index in [0.717, 1.165) is 17.0 Å². The number of ether oxygens (including phenoxy) is 2. The first-order valence-corrected chi connectivity index (χ1v) is 9.00. The molecule has 1 aromatic carbocycles. The molecule has 1 N–H and O–H groups in total. The summed E-state index contributed by atoms with van der Waals surface area (Å²) < 4.78 is 12.7.